The summed E-state index contributed by atoms with van der Waals surface area (Å²) in [5.41, 5.74) is 5.41. The van der Waals surface area contributed by atoms with Crippen molar-refractivity contribution in [1.29, 1.82) is 0 Å². The summed E-state index contributed by atoms with van der Waals surface area (Å²) in [6.07, 6.45) is 2.70. The van der Waals surface area contributed by atoms with Gasteiger partial charge in [0.2, 0.25) is 0 Å². The Balaban J connectivity index is 2.71. The van der Waals surface area contributed by atoms with Crippen LogP contribution in [-0.2, 0) is 9.84 Å². The molecular weight excluding hydrogens is 186 g/mol. The number of sulfone groups is 1. The molecule has 3 nitrogen and oxygen atoms in total. The van der Waals surface area contributed by atoms with E-state index in [1.165, 1.54) is 0 Å². The van der Waals surface area contributed by atoms with Crippen LogP contribution in [-0.4, -0.2) is 25.5 Å². The molecule has 0 aliphatic carbocycles. The van der Waals surface area contributed by atoms with Crippen LogP contribution < -0.4 is 5.73 Å². The van der Waals surface area contributed by atoms with E-state index < -0.39 is 14.6 Å². The zero-order valence-electron chi connectivity index (χ0n) is 8.41. The third-order valence-electron chi connectivity index (χ3n) is 3.28. The van der Waals surface area contributed by atoms with E-state index in [1.807, 2.05) is 13.8 Å². The minimum atomic E-state index is -2.84. The fourth-order valence-electron chi connectivity index (χ4n) is 2.02. The molecule has 0 saturated carbocycles. The molecule has 1 aliphatic rings. The first-order valence-electron chi connectivity index (χ1n) is 4.84. The maximum Gasteiger partial charge on any atom is 0.155 e. The molecule has 0 aromatic heterocycles. The van der Waals surface area contributed by atoms with Gasteiger partial charge in [-0.1, -0.05) is 0 Å². The quantitative estimate of drug-likeness (QED) is 0.746. The molecule has 1 saturated heterocycles. The highest BCUT2D eigenvalue weighted by molar-refractivity contribution is 7.93. The SMILES string of the molecule is CC1(C)C(CCCN)CCS1(=O)=O. The predicted molar refractivity (Wildman–Crippen MR) is 54.3 cm³/mol. The van der Waals surface area contributed by atoms with Gasteiger partial charge in [-0.15, -0.1) is 0 Å². The Morgan fingerprint density at radius 1 is 1.46 bits per heavy atom. The van der Waals surface area contributed by atoms with E-state index in [-0.39, 0.29) is 0 Å². The molecule has 78 valence electrons. The lowest BCUT2D eigenvalue weighted by molar-refractivity contribution is 0.387. The number of hydrogen-bond donors (Lipinski definition) is 1. The van der Waals surface area contributed by atoms with Crippen molar-refractivity contribution in [2.75, 3.05) is 12.3 Å². The van der Waals surface area contributed by atoms with Crippen molar-refractivity contribution in [3.8, 4) is 0 Å². The molecule has 1 heterocycles. The zero-order chi connectivity index (χ0) is 10.1. The Labute approximate surface area is 80.6 Å². The molecule has 0 bridgehead atoms. The second-order valence-corrected chi connectivity index (χ2v) is 7.03. The van der Waals surface area contributed by atoms with Crippen molar-refractivity contribution < 1.29 is 8.42 Å². The maximum atomic E-state index is 11.6. The maximum absolute atomic E-state index is 11.6. The van der Waals surface area contributed by atoms with Crippen LogP contribution in [0, 0.1) is 5.92 Å². The number of rotatable bonds is 3. The van der Waals surface area contributed by atoms with Gasteiger partial charge in [-0.2, -0.15) is 0 Å². The highest BCUT2D eigenvalue weighted by Gasteiger charge is 2.46. The smallest absolute Gasteiger partial charge is 0.155 e. The molecule has 0 aromatic carbocycles. The average molecular weight is 205 g/mol. The van der Waals surface area contributed by atoms with Crippen molar-refractivity contribution in [2.45, 2.75) is 37.9 Å². The summed E-state index contributed by atoms with van der Waals surface area (Å²) in [5, 5.41) is 0. The van der Waals surface area contributed by atoms with Gasteiger partial charge in [0.25, 0.3) is 0 Å². The summed E-state index contributed by atoms with van der Waals surface area (Å²) in [6.45, 7) is 4.35. The van der Waals surface area contributed by atoms with Gasteiger partial charge in [0.05, 0.1) is 10.5 Å². The molecule has 0 amide bonds. The highest BCUT2D eigenvalue weighted by Crippen LogP contribution is 2.39. The van der Waals surface area contributed by atoms with Crippen molar-refractivity contribution in [1.82, 2.24) is 0 Å². The van der Waals surface area contributed by atoms with Crippen molar-refractivity contribution >= 4 is 9.84 Å². The third-order valence-corrected chi connectivity index (χ3v) is 5.99. The van der Waals surface area contributed by atoms with Crippen LogP contribution in [0.1, 0.15) is 33.1 Å². The van der Waals surface area contributed by atoms with E-state index in [0.29, 0.717) is 18.2 Å². The molecule has 4 heteroatoms. The van der Waals surface area contributed by atoms with E-state index in [1.54, 1.807) is 0 Å². The summed E-state index contributed by atoms with van der Waals surface area (Å²) in [6, 6.07) is 0. The van der Waals surface area contributed by atoms with Gasteiger partial charge in [-0.3, -0.25) is 0 Å². The lowest BCUT2D eigenvalue weighted by atomic mass is 9.88. The monoisotopic (exact) mass is 205 g/mol. The number of hydrogen-bond acceptors (Lipinski definition) is 3. The standard InChI is InChI=1S/C9H19NO2S/c1-9(2)8(4-3-6-10)5-7-13(9,11)12/h8H,3-7,10H2,1-2H3. The Hall–Kier alpha value is -0.0900. The largest absolute Gasteiger partial charge is 0.330 e. The predicted octanol–water partition coefficient (Wildman–Crippen LogP) is 0.939. The van der Waals surface area contributed by atoms with Crippen LogP contribution in [0.5, 0.6) is 0 Å². The van der Waals surface area contributed by atoms with Crippen molar-refractivity contribution in [3.63, 3.8) is 0 Å². The Bertz CT molecular complexity index is 269. The second-order valence-electron chi connectivity index (χ2n) is 4.34. The van der Waals surface area contributed by atoms with Crippen LogP contribution in [0.2, 0.25) is 0 Å². The van der Waals surface area contributed by atoms with Gasteiger partial charge >= 0.3 is 0 Å². The van der Waals surface area contributed by atoms with E-state index >= 15 is 0 Å². The van der Waals surface area contributed by atoms with E-state index in [0.717, 1.165) is 19.3 Å². The van der Waals surface area contributed by atoms with Gasteiger partial charge in [0.1, 0.15) is 0 Å². The van der Waals surface area contributed by atoms with Gasteiger partial charge in [0, 0.05) is 0 Å². The van der Waals surface area contributed by atoms with Crippen molar-refractivity contribution in [3.05, 3.63) is 0 Å². The van der Waals surface area contributed by atoms with Crippen molar-refractivity contribution in [2.24, 2.45) is 11.7 Å². The molecule has 2 N–H and O–H groups in total. The van der Waals surface area contributed by atoms with Crippen LogP contribution in [0.3, 0.4) is 0 Å². The normalized spacial score (nSPS) is 30.5. The Morgan fingerprint density at radius 2 is 2.08 bits per heavy atom. The first kappa shape index (κ1) is 11.0. The Kier molecular flexibility index (Phi) is 3.02. The molecule has 1 rings (SSSR count). The number of nitrogens with two attached hydrogens (primary N) is 1. The summed E-state index contributed by atoms with van der Waals surface area (Å²) < 4.78 is 22.7. The van der Waals surface area contributed by atoms with Gasteiger partial charge < -0.3 is 5.73 Å². The zero-order valence-corrected chi connectivity index (χ0v) is 9.23. The summed E-state index contributed by atoms with van der Waals surface area (Å²) >= 11 is 0. The second kappa shape index (κ2) is 3.58. The Morgan fingerprint density at radius 3 is 2.46 bits per heavy atom. The average Bonchev–Trinajstić information content (AvgIpc) is 2.21. The molecule has 0 aromatic rings. The molecule has 1 aliphatic heterocycles. The summed E-state index contributed by atoms with van der Waals surface area (Å²) in [7, 11) is -2.84. The van der Waals surface area contributed by atoms with E-state index in [2.05, 4.69) is 0 Å². The minimum absolute atomic E-state index is 0.307. The molecule has 1 atom stereocenters. The van der Waals surface area contributed by atoms with Crippen LogP contribution in [0.25, 0.3) is 0 Å². The minimum Gasteiger partial charge on any atom is -0.330 e. The fourth-order valence-corrected chi connectivity index (χ4v) is 3.88. The topological polar surface area (TPSA) is 60.2 Å². The first-order valence-corrected chi connectivity index (χ1v) is 6.49. The summed E-state index contributed by atoms with van der Waals surface area (Å²) in [5.74, 6) is 0.663. The van der Waals surface area contributed by atoms with E-state index in [4.69, 9.17) is 5.73 Å². The molecule has 1 fully saturated rings. The van der Waals surface area contributed by atoms with Gasteiger partial charge in [-0.05, 0) is 45.6 Å². The lowest BCUT2D eigenvalue weighted by Gasteiger charge is -2.25. The van der Waals surface area contributed by atoms with Crippen LogP contribution in [0.15, 0.2) is 0 Å². The molecule has 0 spiro atoms. The lowest BCUT2D eigenvalue weighted by Crippen LogP contribution is -2.33. The first-order chi connectivity index (χ1) is 5.92. The van der Waals surface area contributed by atoms with E-state index in [9.17, 15) is 8.42 Å². The third kappa shape index (κ3) is 1.89. The summed E-state index contributed by atoms with van der Waals surface area (Å²) in [4.78, 5) is 0. The highest BCUT2D eigenvalue weighted by atomic mass is 32.2. The van der Waals surface area contributed by atoms with Gasteiger partial charge in [-0.25, -0.2) is 8.42 Å². The van der Waals surface area contributed by atoms with Crippen LogP contribution >= 0.6 is 0 Å². The molecule has 1 unspecified atom stereocenters. The molecular formula is C9H19NO2S. The molecule has 13 heavy (non-hydrogen) atoms. The van der Waals surface area contributed by atoms with Crippen LogP contribution in [0.4, 0.5) is 0 Å². The molecule has 0 radical (unpaired) electrons. The fraction of sp³-hybridized carbons (Fsp3) is 1.00. The van der Waals surface area contributed by atoms with Gasteiger partial charge in [0.15, 0.2) is 9.84 Å².